The molecule has 4 heteroatoms. The predicted molar refractivity (Wildman–Crippen MR) is 89.4 cm³/mol. The molecule has 0 aliphatic carbocycles. The molecule has 1 amide bonds. The first-order valence-electron chi connectivity index (χ1n) is 8.63. The summed E-state index contributed by atoms with van der Waals surface area (Å²) >= 11 is 0. The Labute approximate surface area is 131 Å². The first kappa shape index (κ1) is 18.4. The van der Waals surface area contributed by atoms with Crippen LogP contribution in [0.3, 0.4) is 0 Å². The van der Waals surface area contributed by atoms with Crippen molar-refractivity contribution < 1.29 is 4.79 Å². The van der Waals surface area contributed by atoms with Gasteiger partial charge in [-0.15, -0.1) is 0 Å². The van der Waals surface area contributed by atoms with E-state index in [-0.39, 0.29) is 11.9 Å². The third-order valence-corrected chi connectivity index (χ3v) is 4.24. The van der Waals surface area contributed by atoms with Gasteiger partial charge in [0.1, 0.15) is 0 Å². The monoisotopic (exact) mass is 297 g/mol. The molecule has 1 rings (SSSR count). The summed E-state index contributed by atoms with van der Waals surface area (Å²) in [5.74, 6) is 0.757. The lowest BCUT2D eigenvalue weighted by Crippen LogP contribution is -2.48. The maximum atomic E-state index is 12.4. The number of hydrogen-bond donors (Lipinski definition) is 1. The van der Waals surface area contributed by atoms with Gasteiger partial charge in [0.2, 0.25) is 5.91 Å². The van der Waals surface area contributed by atoms with Gasteiger partial charge < -0.3 is 15.1 Å². The number of likely N-dealkylation sites (N-methyl/N-ethyl adjacent to an activating group) is 1. The van der Waals surface area contributed by atoms with Crippen molar-refractivity contribution in [1.82, 2.24) is 15.1 Å². The summed E-state index contributed by atoms with van der Waals surface area (Å²) in [6, 6.07) is 0.460. The van der Waals surface area contributed by atoms with Gasteiger partial charge in [0.15, 0.2) is 0 Å². The molecule has 2 atom stereocenters. The first-order valence-corrected chi connectivity index (χ1v) is 8.63. The Morgan fingerprint density at radius 3 is 2.57 bits per heavy atom. The molecule has 4 nitrogen and oxygen atoms in total. The largest absolute Gasteiger partial charge is 0.347 e. The van der Waals surface area contributed by atoms with Gasteiger partial charge in [-0.2, -0.15) is 0 Å². The van der Waals surface area contributed by atoms with Crippen molar-refractivity contribution in [2.75, 3.05) is 33.7 Å². The van der Waals surface area contributed by atoms with Crippen LogP contribution in [-0.4, -0.2) is 61.5 Å². The third kappa shape index (κ3) is 6.79. The highest BCUT2D eigenvalue weighted by Crippen LogP contribution is 2.15. The standard InChI is InChI=1S/C17H35N3O/c1-6-10-20-11-7-8-15(9-12-20)18-16(13-14(2)3)17(21)19(4)5/h14-16,18H,6-13H2,1-5H3. The van der Waals surface area contributed by atoms with Crippen molar-refractivity contribution in [3.8, 4) is 0 Å². The second-order valence-electron chi connectivity index (χ2n) is 7.05. The first-order chi connectivity index (χ1) is 9.93. The van der Waals surface area contributed by atoms with E-state index in [9.17, 15) is 4.79 Å². The normalized spacial score (nSPS) is 22.1. The van der Waals surface area contributed by atoms with Gasteiger partial charge in [0.25, 0.3) is 0 Å². The predicted octanol–water partition coefficient (Wildman–Crippen LogP) is 2.34. The lowest BCUT2D eigenvalue weighted by Gasteiger charge is -2.28. The van der Waals surface area contributed by atoms with Crippen LogP contribution < -0.4 is 5.32 Å². The van der Waals surface area contributed by atoms with E-state index in [1.807, 2.05) is 14.1 Å². The molecular weight excluding hydrogens is 262 g/mol. The van der Waals surface area contributed by atoms with Crippen LogP contribution in [0.25, 0.3) is 0 Å². The van der Waals surface area contributed by atoms with E-state index in [0.717, 1.165) is 19.4 Å². The van der Waals surface area contributed by atoms with Gasteiger partial charge in [-0.1, -0.05) is 20.8 Å². The average Bonchev–Trinajstić information content (AvgIpc) is 2.62. The fraction of sp³-hybridized carbons (Fsp3) is 0.941. The molecule has 124 valence electrons. The molecule has 0 aromatic rings. The topological polar surface area (TPSA) is 35.6 Å². The van der Waals surface area contributed by atoms with E-state index < -0.39 is 0 Å². The summed E-state index contributed by atoms with van der Waals surface area (Å²) in [7, 11) is 3.71. The fourth-order valence-electron chi connectivity index (χ4n) is 3.17. The highest BCUT2D eigenvalue weighted by Gasteiger charge is 2.25. The summed E-state index contributed by atoms with van der Waals surface area (Å²) in [5, 5.41) is 3.65. The van der Waals surface area contributed by atoms with Crippen molar-refractivity contribution >= 4 is 5.91 Å². The van der Waals surface area contributed by atoms with Gasteiger partial charge >= 0.3 is 0 Å². The van der Waals surface area contributed by atoms with E-state index >= 15 is 0 Å². The molecule has 1 fully saturated rings. The Balaban J connectivity index is 2.55. The molecule has 1 saturated heterocycles. The van der Waals surface area contributed by atoms with Crippen LogP contribution in [-0.2, 0) is 4.79 Å². The molecule has 1 N–H and O–H groups in total. The lowest BCUT2D eigenvalue weighted by atomic mass is 10.00. The molecule has 0 radical (unpaired) electrons. The minimum absolute atomic E-state index is 0.0253. The number of hydrogen-bond acceptors (Lipinski definition) is 3. The van der Waals surface area contributed by atoms with Crippen LogP contribution in [0.2, 0.25) is 0 Å². The molecule has 0 aromatic carbocycles. The number of carbonyl (C=O) groups is 1. The zero-order valence-corrected chi connectivity index (χ0v) is 14.7. The van der Waals surface area contributed by atoms with Crippen LogP contribution in [0.5, 0.6) is 0 Å². The summed E-state index contributed by atoms with van der Waals surface area (Å²) in [4.78, 5) is 16.6. The van der Waals surface area contributed by atoms with Gasteiger partial charge in [-0.3, -0.25) is 4.79 Å². The van der Waals surface area contributed by atoms with E-state index in [1.165, 1.54) is 32.4 Å². The molecule has 2 unspecified atom stereocenters. The van der Waals surface area contributed by atoms with Crippen molar-refractivity contribution in [1.29, 1.82) is 0 Å². The molecule has 0 bridgehead atoms. The van der Waals surface area contributed by atoms with E-state index in [1.54, 1.807) is 4.90 Å². The molecule has 1 aliphatic rings. The van der Waals surface area contributed by atoms with Crippen LogP contribution in [0.15, 0.2) is 0 Å². The van der Waals surface area contributed by atoms with E-state index in [2.05, 4.69) is 31.0 Å². The summed E-state index contributed by atoms with van der Waals surface area (Å²) < 4.78 is 0. The minimum atomic E-state index is -0.0253. The second-order valence-corrected chi connectivity index (χ2v) is 7.05. The van der Waals surface area contributed by atoms with E-state index in [4.69, 9.17) is 0 Å². The Morgan fingerprint density at radius 1 is 1.29 bits per heavy atom. The molecule has 21 heavy (non-hydrogen) atoms. The highest BCUT2D eigenvalue weighted by atomic mass is 16.2. The van der Waals surface area contributed by atoms with Crippen molar-refractivity contribution in [2.45, 2.75) is 65.0 Å². The van der Waals surface area contributed by atoms with Gasteiger partial charge in [-0.25, -0.2) is 0 Å². The van der Waals surface area contributed by atoms with Gasteiger partial charge in [0.05, 0.1) is 6.04 Å². The molecule has 1 heterocycles. The molecule has 1 aliphatic heterocycles. The van der Waals surface area contributed by atoms with Crippen molar-refractivity contribution in [2.24, 2.45) is 5.92 Å². The van der Waals surface area contributed by atoms with Crippen LogP contribution >= 0.6 is 0 Å². The molecule has 0 saturated carbocycles. The lowest BCUT2D eigenvalue weighted by molar-refractivity contribution is -0.131. The Kier molecular flexibility index (Phi) is 8.27. The Hall–Kier alpha value is -0.610. The number of likely N-dealkylation sites (tertiary alicyclic amines) is 1. The number of rotatable bonds is 7. The van der Waals surface area contributed by atoms with Gasteiger partial charge in [0, 0.05) is 20.1 Å². The number of carbonyl (C=O) groups excluding carboxylic acids is 1. The number of nitrogens with zero attached hydrogens (tertiary/aromatic N) is 2. The highest BCUT2D eigenvalue weighted by molar-refractivity contribution is 5.81. The van der Waals surface area contributed by atoms with Crippen LogP contribution in [0, 0.1) is 5.92 Å². The maximum absolute atomic E-state index is 12.4. The van der Waals surface area contributed by atoms with Crippen LogP contribution in [0.4, 0.5) is 0 Å². The maximum Gasteiger partial charge on any atom is 0.239 e. The van der Waals surface area contributed by atoms with E-state index in [0.29, 0.717) is 12.0 Å². The summed E-state index contributed by atoms with van der Waals surface area (Å²) in [6.45, 7) is 10.2. The summed E-state index contributed by atoms with van der Waals surface area (Å²) in [6.07, 6.45) is 5.74. The second kappa shape index (κ2) is 9.42. The molecular formula is C17H35N3O. The fourth-order valence-corrected chi connectivity index (χ4v) is 3.17. The number of amides is 1. The van der Waals surface area contributed by atoms with Gasteiger partial charge in [-0.05, 0) is 57.7 Å². The van der Waals surface area contributed by atoms with Crippen LogP contribution in [0.1, 0.15) is 52.9 Å². The minimum Gasteiger partial charge on any atom is -0.347 e. The average molecular weight is 297 g/mol. The Morgan fingerprint density at radius 2 is 2.00 bits per heavy atom. The Bertz CT molecular complexity index is 304. The SMILES string of the molecule is CCCN1CCCC(NC(CC(C)C)C(=O)N(C)C)CC1. The third-order valence-electron chi connectivity index (χ3n) is 4.24. The molecule has 0 aromatic heterocycles. The number of nitrogens with one attached hydrogen (secondary N) is 1. The zero-order chi connectivity index (χ0) is 15.8. The quantitative estimate of drug-likeness (QED) is 0.783. The molecule has 0 spiro atoms. The zero-order valence-electron chi connectivity index (χ0n) is 14.7. The van der Waals surface area contributed by atoms with Crippen molar-refractivity contribution in [3.05, 3.63) is 0 Å². The summed E-state index contributed by atoms with van der Waals surface area (Å²) in [5.41, 5.74) is 0. The van der Waals surface area contributed by atoms with Crippen molar-refractivity contribution in [3.63, 3.8) is 0 Å². The smallest absolute Gasteiger partial charge is 0.239 e.